The van der Waals surface area contributed by atoms with Gasteiger partial charge in [-0.25, -0.2) is 4.39 Å². The molecule has 1 aromatic rings. The first kappa shape index (κ1) is 18.6. The molecule has 1 amide bonds. The molecule has 0 saturated heterocycles. The number of aromatic hydroxyl groups is 1. The van der Waals surface area contributed by atoms with E-state index in [1.165, 1.54) is 33.2 Å². The molecule has 0 aromatic carbocycles. The summed E-state index contributed by atoms with van der Waals surface area (Å²) in [5.41, 5.74) is -1.23. The summed E-state index contributed by atoms with van der Waals surface area (Å²) in [7, 11) is 2.81. The Balaban J connectivity index is 3.22. The smallest absolute Gasteiger partial charge is 0.267 e. The van der Waals surface area contributed by atoms with Crippen LogP contribution in [0, 0.1) is 12.7 Å². The normalized spacial score (nSPS) is 12.8. The van der Waals surface area contributed by atoms with Crippen molar-refractivity contribution in [1.29, 1.82) is 0 Å². The van der Waals surface area contributed by atoms with Crippen LogP contribution < -0.4 is 10.9 Å². The summed E-state index contributed by atoms with van der Waals surface area (Å²) in [4.78, 5) is 28.0. The van der Waals surface area contributed by atoms with Crippen LogP contribution in [0.15, 0.2) is 33.7 Å². The van der Waals surface area contributed by atoms with Gasteiger partial charge < -0.3 is 15.0 Å². The number of pyridine rings is 1. The van der Waals surface area contributed by atoms with Gasteiger partial charge in [0.2, 0.25) is 0 Å². The Bertz CT molecular complexity index is 779. The third kappa shape index (κ3) is 4.07. The number of allylic oxidation sites excluding steroid dienone is 3. The van der Waals surface area contributed by atoms with E-state index in [1.807, 2.05) is 0 Å². The molecule has 0 atom stereocenters. The SMILES string of the molecule is CC=C(/C=C\C(Cl)=NC)NC(=O)c1c(O)c(F)c(C)n(C)c1=O. The van der Waals surface area contributed by atoms with Crippen molar-refractivity contribution >= 4 is 22.7 Å². The standard InChI is InChI=1S/C15H17ClFN3O3/c1-5-9(6-7-10(16)18-3)19-14(22)11-13(21)12(17)8(2)20(4)15(11)23/h5-7,21H,1-4H3,(H,19,22)/b7-6-,9-5?,18-10?. The van der Waals surface area contributed by atoms with Crippen molar-refractivity contribution < 1.29 is 14.3 Å². The van der Waals surface area contributed by atoms with Gasteiger partial charge in [-0.1, -0.05) is 17.7 Å². The van der Waals surface area contributed by atoms with Crippen molar-refractivity contribution in [3.8, 4) is 5.75 Å². The zero-order chi connectivity index (χ0) is 17.7. The molecule has 0 bridgehead atoms. The predicted molar refractivity (Wildman–Crippen MR) is 87.6 cm³/mol. The van der Waals surface area contributed by atoms with Gasteiger partial charge in [0.05, 0.1) is 5.69 Å². The van der Waals surface area contributed by atoms with Gasteiger partial charge >= 0.3 is 0 Å². The van der Waals surface area contributed by atoms with E-state index in [0.29, 0.717) is 5.70 Å². The summed E-state index contributed by atoms with van der Waals surface area (Å²) in [5, 5.41) is 12.4. The van der Waals surface area contributed by atoms with Crippen LogP contribution in [-0.4, -0.2) is 27.8 Å². The second-order valence-corrected chi connectivity index (χ2v) is 4.95. The predicted octanol–water partition coefficient (Wildman–Crippen LogP) is 2.00. The van der Waals surface area contributed by atoms with E-state index in [1.54, 1.807) is 13.0 Å². The summed E-state index contributed by atoms with van der Waals surface area (Å²) < 4.78 is 14.8. The van der Waals surface area contributed by atoms with Gasteiger partial charge in [-0.05, 0) is 26.0 Å². The van der Waals surface area contributed by atoms with E-state index in [9.17, 15) is 19.1 Å². The molecule has 2 N–H and O–H groups in total. The number of nitrogens with one attached hydrogen (secondary N) is 1. The third-order valence-corrected chi connectivity index (χ3v) is 3.49. The van der Waals surface area contributed by atoms with E-state index in [4.69, 9.17) is 11.6 Å². The Kier molecular flexibility index (Phi) is 6.27. The molecule has 0 fully saturated rings. The topological polar surface area (TPSA) is 83.7 Å². The maximum absolute atomic E-state index is 13.9. The lowest BCUT2D eigenvalue weighted by molar-refractivity contribution is 0.0961. The van der Waals surface area contributed by atoms with Crippen LogP contribution in [0.4, 0.5) is 4.39 Å². The van der Waals surface area contributed by atoms with Crippen LogP contribution in [-0.2, 0) is 7.05 Å². The molecule has 0 aliphatic carbocycles. The lowest BCUT2D eigenvalue weighted by atomic mass is 10.2. The van der Waals surface area contributed by atoms with Gasteiger partial charge in [-0.15, -0.1) is 0 Å². The molecule has 6 nitrogen and oxygen atoms in total. The van der Waals surface area contributed by atoms with Crippen LogP contribution in [0.3, 0.4) is 0 Å². The van der Waals surface area contributed by atoms with Crippen molar-refractivity contribution in [3.05, 3.63) is 51.4 Å². The summed E-state index contributed by atoms with van der Waals surface area (Å²) >= 11 is 5.71. The maximum atomic E-state index is 13.9. The maximum Gasteiger partial charge on any atom is 0.267 e. The highest BCUT2D eigenvalue weighted by Crippen LogP contribution is 2.20. The molecule has 23 heavy (non-hydrogen) atoms. The summed E-state index contributed by atoms with van der Waals surface area (Å²) in [6.45, 7) is 2.97. The summed E-state index contributed by atoms with van der Waals surface area (Å²) in [5.74, 6) is -2.92. The highest BCUT2D eigenvalue weighted by Gasteiger charge is 2.23. The van der Waals surface area contributed by atoms with Crippen molar-refractivity contribution in [1.82, 2.24) is 9.88 Å². The molecule has 0 saturated carbocycles. The summed E-state index contributed by atoms with van der Waals surface area (Å²) in [6, 6.07) is 0. The van der Waals surface area contributed by atoms with Crippen LogP contribution in [0.25, 0.3) is 0 Å². The highest BCUT2D eigenvalue weighted by molar-refractivity contribution is 6.68. The number of aliphatic imine (C=N–C) groups is 1. The molecule has 8 heteroatoms. The van der Waals surface area contributed by atoms with Crippen molar-refractivity contribution in [2.75, 3.05) is 7.05 Å². The minimum atomic E-state index is -1.02. The van der Waals surface area contributed by atoms with Gasteiger partial charge in [0.1, 0.15) is 10.7 Å². The summed E-state index contributed by atoms with van der Waals surface area (Å²) in [6.07, 6.45) is 4.43. The average Bonchev–Trinajstić information content (AvgIpc) is 2.54. The second-order valence-electron chi connectivity index (χ2n) is 4.56. The van der Waals surface area contributed by atoms with E-state index >= 15 is 0 Å². The van der Waals surface area contributed by atoms with Crippen LogP contribution in [0.2, 0.25) is 0 Å². The monoisotopic (exact) mass is 341 g/mol. The van der Waals surface area contributed by atoms with Gasteiger partial charge in [0.15, 0.2) is 11.6 Å². The Hall–Kier alpha value is -2.41. The largest absolute Gasteiger partial charge is 0.504 e. The molecule has 0 unspecified atom stereocenters. The van der Waals surface area contributed by atoms with Crippen LogP contribution in [0.5, 0.6) is 5.75 Å². The quantitative estimate of drug-likeness (QED) is 0.649. The first-order valence-corrected chi connectivity index (χ1v) is 6.98. The zero-order valence-electron chi connectivity index (χ0n) is 13.1. The van der Waals surface area contributed by atoms with Gasteiger partial charge in [-0.3, -0.25) is 14.6 Å². The third-order valence-electron chi connectivity index (χ3n) is 3.19. The number of hydrogen-bond donors (Lipinski definition) is 2. The number of rotatable bonds is 4. The van der Waals surface area contributed by atoms with E-state index < -0.39 is 28.6 Å². The second kappa shape index (κ2) is 7.73. The molecule has 1 heterocycles. The van der Waals surface area contributed by atoms with Gasteiger partial charge in [-0.2, -0.15) is 0 Å². The van der Waals surface area contributed by atoms with E-state index in [2.05, 4.69) is 10.3 Å². The van der Waals surface area contributed by atoms with Crippen molar-refractivity contribution in [2.45, 2.75) is 13.8 Å². The Morgan fingerprint density at radius 3 is 2.57 bits per heavy atom. The fraction of sp³-hybridized carbons (Fsp3) is 0.267. The minimum Gasteiger partial charge on any atom is -0.504 e. The molecule has 0 aliphatic heterocycles. The molecular formula is C15H17ClFN3O3. The highest BCUT2D eigenvalue weighted by atomic mass is 35.5. The van der Waals surface area contributed by atoms with E-state index in [0.717, 1.165) is 4.57 Å². The molecule has 0 radical (unpaired) electrons. The number of carbonyl (C=O) groups excluding carboxylic acids is 1. The first-order valence-electron chi connectivity index (χ1n) is 6.60. The number of amides is 1. The fourth-order valence-corrected chi connectivity index (χ4v) is 1.75. The fourth-order valence-electron chi connectivity index (χ4n) is 1.69. The lowest BCUT2D eigenvalue weighted by Gasteiger charge is -2.11. The molecule has 0 aliphatic rings. The minimum absolute atomic E-state index is 0.0684. The molecule has 124 valence electrons. The van der Waals surface area contributed by atoms with E-state index in [-0.39, 0.29) is 10.9 Å². The Morgan fingerprint density at radius 1 is 1.43 bits per heavy atom. The number of nitrogens with zero attached hydrogens (tertiary/aromatic N) is 2. The van der Waals surface area contributed by atoms with Crippen LogP contribution >= 0.6 is 11.6 Å². The average molecular weight is 342 g/mol. The van der Waals surface area contributed by atoms with Crippen LogP contribution in [0.1, 0.15) is 23.0 Å². The molecule has 0 spiro atoms. The number of hydrogen-bond acceptors (Lipinski definition) is 4. The first-order chi connectivity index (χ1) is 10.7. The number of carbonyl (C=O) groups is 1. The van der Waals surface area contributed by atoms with Gasteiger partial charge in [0, 0.05) is 19.8 Å². The molecule has 1 aromatic heterocycles. The number of halogens is 2. The zero-order valence-corrected chi connectivity index (χ0v) is 13.9. The Morgan fingerprint density at radius 2 is 2.04 bits per heavy atom. The Labute approximate surface area is 137 Å². The number of aromatic nitrogens is 1. The van der Waals surface area contributed by atoms with Gasteiger partial charge in [0.25, 0.3) is 11.5 Å². The lowest BCUT2D eigenvalue weighted by Crippen LogP contribution is -2.33. The molecular weight excluding hydrogens is 325 g/mol. The van der Waals surface area contributed by atoms with Crippen molar-refractivity contribution in [2.24, 2.45) is 12.0 Å². The van der Waals surface area contributed by atoms with Crippen molar-refractivity contribution in [3.63, 3.8) is 0 Å². The molecule has 1 rings (SSSR count).